The van der Waals surface area contributed by atoms with Crippen molar-refractivity contribution in [1.29, 1.82) is 0 Å². The summed E-state index contributed by atoms with van der Waals surface area (Å²) in [5, 5.41) is 17.7. The molecule has 0 spiro atoms. The number of pyridine rings is 1. The molecule has 5 aromatic rings. The first-order valence-electron chi connectivity index (χ1n) is 10.5. The molecule has 0 fully saturated rings. The molecule has 174 valence electrons. The summed E-state index contributed by atoms with van der Waals surface area (Å²) in [4.78, 5) is 25.8. The number of aromatic nitrogens is 3. The molecule has 0 saturated carbocycles. The minimum Gasteiger partial charge on any atom is -0.508 e. The van der Waals surface area contributed by atoms with Gasteiger partial charge in [0.05, 0.1) is 27.5 Å². The van der Waals surface area contributed by atoms with Crippen LogP contribution in [-0.2, 0) is 0 Å². The first-order chi connectivity index (χ1) is 16.8. The number of rotatable bonds is 4. The van der Waals surface area contributed by atoms with Gasteiger partial charge in [0.1, 0.15) is 23.7 Å². The molecule has 2 heterocycles. The number of halogens is 2. The van der Waals surface area contributed by atoms with E-state index in [1.807, 2.05) is 19.1 Å². The van der Waals surface area contributed by atoms with Crippen molar-refractivity contribution in [1.82, 2.24) is 15.0 Å². The minimum atomic E-state index is -0.592. The Bertz CT molecular complexity index is 1640. The number of hydrogen-bond acceptors (Lipinski definition) is 7. The summed E-state index contributed by atoms with van der Waals surface area (Å²) in [6.45, 7) is 1.85. The van der Waals surface area contributed by atoms with Gasteiger partial charge in [0.2, 0.25) is 0 Å². The molecule has 35 heavy (non-hydrogen) atoms. The number of phenolic OH excluding ortho intramolecular Hbond substituents is 1. The van der Waals surface area contributed by atoms with Gasteiger partial charge >= 0.3 is 0 Å². The van der Waals surface area contributed by atoms with E-state index in [4.69, 9.17) is 17.3 Å². The Morgan fingerprint density at radius 2 is 1.89 bits per heavy atom. The van der Waals surface area contributed by atoms with Crippen molar-refractivity contribution in [3.8, 4) is 5.75 Å². The van der Waals surface area contributed by atoms with Crippen LogP contribution >= 0.6 is 11.6 Å². The minimum absolute atomic E-state index is 0.0122. The molecule has 0 aliphatic carbocycles. The third-order valence-corrected chi connectivity index (χ3v) is 5.89. The summed E-state index contributed by atoms with van der Waals surface area (Å²) in [6.07, 6.45) is 2.81. The van der Waals surface area contributed by atoms with E-state index in [1.54, 1.807) is 24.4 Å². The predicted molar refractivity (Wildman–Crippen MR) is 135 cm³/mol. The van der Waals surface area contributed by atoms with Gasteiger partial charge in [-0.15, -0.1) is 0 Å². The van der Waals surface area contributed by atoms with Crippen LogP contribution in [0.25, 0.3) is 21.7 Å². The molecule has 5 rings (SSSR count). The molecule has 0 unspecified atom stereocenters. The quantitative estimate of drug-likeness (QED) is 0.261. The largest absolute Gasteiger partial charge is 0.508 e. The first kappa shape index (κ1) is 22.3. The summed E-state index contributed by atoms with van der Waals surface area (Å²) in [5.41, 5.74) is 7.84. The predicted octanol–water partition coefficient (Wildman–Crippen LogP) is 5.56. The number of anilines is 4. The van der Waals surface area contributed by atoms with Gasteiger partial charge in [0, 0.05) is 22.4 Å². The molecule has 0 aliphatic rings. The second-order valence-electron chi connectivity index (χ2n) is 7.84. The Morgan fingerprint density at radius 3 is 2.71 bits per heavy atom. The van der Waals surface area contributed by atoms with Crippen LogP contribution in [0.3, 0.4) is 0 Å². The zero-order valence-electron chi connectivity index (χ0n) is 18.3. The highest BCUT2D eigenvalue weighted by molar-refractivity contribution is 6.31. The average Bonchev–Trinajstić information content (AvgIpc) is 2.84. The maximum Gasteiger partial charge on any atom is 0.258 e. The van der Waals surface area contributed by atoms with Crippen LogP contribution in [0.5, 0.6) is 5.75 Å². The maximum atomic E-state index is 14.5. The molecule has 0 atom stereocenters. The van der Waals surface area contributed by atoms with Crippen LogP contribution < -0.4 is 16.4 Å². The van der Waals surface area contributed by atoms with Crippen molar-refractivity contribution in [2.24, 2.45) is 0 Å². The van der Waals surface area contributed by atoms with Gasteiger partial charge in [-0.1, -0.05) is 29.8 Å². The summed E-state index contributed by atoms with van der Waals surface area (Å²) >= 11 is 5.90. The molecular formula is C25H18ClFN6O2. The average molecular weight is 489 g/mol. The van der Waals surface area contributed by atoms with Crippen LogP contribution in [0.2, 0.25) is 5.02 Å². The summed E-state index contributed by atoms with van der Waals surface area (Å²) in [6, 6.07) is 12.8. The fraction of sp³-hybridized carbons (Fsp3) is 0.0400. The zero-order valence-corrected chi connectivity index (χ0v) is 19.1. The highest BCUT2D eigenvalue weighted by Gasteiger charge is 2.18. The maximum absolute atomic E-state index is 14.5. The number of nitrogens with two attached hydrogens (primary N) is 1. The number of amides is 1. The van der Waals surface area contributed by atoms with Crippen LogP contribution in [0, 0.1) is 12.7 Å². The molecule has 0 aliphatic heterocycles. The Kier molecular flexibility index (Phi) is 5.54. The number of aryl methyl sites for hydroxylation is 1. The van der Waals surface area contributed by atoms with E-state index < -0.39 is 11.7 Å². The van der Waals surface area contributed by atoms with Crippen molar-refractivity contribution in [3.63, 3.8) is 0 Å². The Balaban J connectivity index is 1.58. The molecule has 8 nitrogen and oxygen atoms in total. The summed E-state index contributed by atoms with van der Waals surface area (Å²) < 4.78 is 14.5. The van der Waals surface area contributed by atoms with E-state index in [0.717, 1.165) is 5.56 Å². The highest BCUT2D eigenvalue weighted by Crippen LogP contribution is 2.34. The topological polar surface area (TPSA) is 126 Å². The van der Waals surface area contributed by atoms with E-state index in [-0.39, 0.29) is 27.8 Å². The molecule has 3 aromatic carbocycles. The van der Waals surface area contributed by atoms with E-state index in [0.29, 0.717) is 33.2 Å². The molecule has 0 radical (unpaired) electrons. The van der Waals surface area contributed by atoms with E-state index >= 15 is 0 Å². The van der Waals surface area contributed by atoms with Crippen molar-refractivity contribution in [2.45, 2.75) is 6.92 Å². The molecule has 2 aromatic heterocycles. The van der Waals surface area contributed by atoms with Crippen LogP contribution in [0.15, 0.2) is 61.1 Å². The molecule has 0 saturated heterocycles. The zero-order chi connectivity index (χ0) is 24.7. The number of hydrogen-bond donors (Lipinski definition) is 4. The number of aromatic hydroxyl groups is 1. The van der Waals surface area contributed by atoms with Gasteiger partial charge in [0.15, 0.2) is 5.82 Å². The van der Waals surface area contributed by atoms with Crippen LogP contribution in [0.1, 0.15) is 15.9 Å². The lowest BCUT2D eigenvalue weighted by Gasteiger charge is -2.16. The smallest absolute Gasteiger partial charge is 0.258 e. The molecule has 0 bridgehead atoms. The lowest BCUT2D eigenvalue weighted by molar-refractivity contribution is 0.102. The van der Waals surface area contributed by atoms with Gasteiger partial charge in [-0.2, -0.15) is 0 Å². The Hall–Kier alpha value is -4.50. The van der Waals surface area contributed by atoms with Gasteiger partial charge in [0.25, 0.3) is 5.91 Å². The number of carbonyl (C=O) groups excluding carboxylic acids is 1. The van der Waals surface area contributed by atoms with Crippen molar-refractivity contribution < 1.29 is 14.3 Å². The lowest BCUT2D eigenvalue weighted by Crippen LogP contribution is -2.14. The standard InChI is InChI=1S/C25H18ClFN6O2/c1-12-5-6-15-14(7-8-29-24(15)32-19-4-2-3-18(26)20(19)27)21(12)33-25(35)17-10-13(34)9-16-22(17)30-11-31-23(16)28/h2-11,34H,1H3,(H,29,32)(H,33,35)(H2,28,30,31). The van der Waals surface area contributed by atoms with Gasteiger partial charge in [-0.3, -0.25) is 4.79 Å². The fourth-order valence-corrected chi connectivity index (χ4v) is 4.06. The number of nitrogen functional groups attached to an aromatic ring is 1. The van der Waals surface area contributed by atoms with Crippen molar-refractivity contribution in [3.05, 3.63) is 83.0 Å². The molecule has 10 heteroatoms. The number of benzene rings is 3. The van der Waals surface area contributed by atoms with Crippen LogP contribution in [0.4, 0.5) is 27.4 Å². The van der Waals surface area contributed by atoms with Crippen molar-refractivity contribution in [2.75, 3.05) is 16.4 Å². The number of nitrogens with one attached hydrogen (secondary N) is 2. The van der Waals surface area contributed by atoms with E-state index in [2.05, 4.69) is 25.6 Å². The normalized spacial score (nSPS) is 11.1. The molecular weight excluding hydrogens is 471 g/mol. The molecule has 5 N–H and O–H groups in total. The second-order valence-corrected chi connectivity index (χ2v) is 8.25. The first-order valence-corrected chi connectivity index (χ1v) is 10.8. The number of phenols is 1. The SMILES string of the molecule is Cc1ccc2c(Nc3cccc(Cl)c3F)nccc2c1NC(=O)c1cc(O)cc2c(N)ncnc12. The number of fused-ring (bicyclic) bond motifs is 2. The second kappa shape index (κ2) is 8.69. The fourth-order valence-electron chi connectivity index (χ4n) is 3.88. The summed E-state index contributed by atoms with van der Waals surface area (Å²) in [5.74, 6) is -0.686. The number of nitrogens with zero attached hydrogens (tertiary/aromatic N) is 3. The van der Waals surface area contributed by atoms with Gasteiger partial charge in [-0.05, 0) is 42.8 Å². The van der Waals surface area contributed by atoms with E-state index in [1.165, 1.54) is 24.5 Å². The summed E-state index contributed by atoms with van der Waals surface area (Å²) in [7, 11) is 0. The monoisotopic (exact) mass is 488 g/mol. The van der Waals surface area contributed by atoms with Crippen molar-refractivity contribution >= 4 is 62.2 Å². The number of carbonyl (C=O) groups is 1. The van der Waals surface area contributed by atoms with E-state index in [9.17, 15) is 14.3 Å². The lowest BCUT2D eigenvalue weighted by atomic mass is 10.0. The third kappa shape index (κ3) is 4.02. The third-order valence-electron chi connectivity index (χ3n) is 5.60. The Morgan fingerprint density at radius 1 is 1.06 bits per heavy atom. The Labute approximate surface area is 203 Å². The molecule has 1 amide bonds. The van der Waals surface area contributed by atoms with Crippen LogP contribution in [-0.4, -0.2) is 26.0 Å². The highest BCUT2D eigenvalue weighted by atomic mass is 35.5. The van der Waals surface area contributed by atoms with Gasteiger partial charge in [-0.25, -0.2) is 19.3 Å². The van der Waals surface area contributed by atoms with Gasteiger partial charge < -0.3 is 21.5 Å².